The number of fused-ring (bicyclic) bond motifs is 1. The van der Waals surface area contributed by atoms with E-state index in [0.717, 1.165) is 10.8 Å². The summed E-state index contributed by atoms with van der Waals surface area (Å²) < 4.78 is 4.65. The summed E-state index contributed by atoms with van der Waals surface area (Å²) in [6.07, 6.45) is 1.27. The summed E-state index contributed by atoms with van der Waals surface area (Å²) in [6.45, 7) is 2.98. The van der Waals surface area contributed by atoms with Crippen LogP contribution >= 0.6 is 0 Å². The third-order valence-corrected chi connectivity index (χ3v) is 5.74. The van der Waals surface area contributed by atoms with E-state index in [2.05, 4.69) is 10.1 Å². The van der Waals surface area contributed by atoms with Gasteiger partial charge in [0.2, 0.25) is 5.91 Å². The first kappa shape index (κ1) is 22.3. The molecule has 1 aliphatic rings. The fraction of sp³-hybridized carbons (Fsp3) is 0.391. The summed E-state index contributed by atoms with van der Waals surface area (Å²) in [5.74, 6) is -0.965. The summed E-state index contributed by atoms with van der Waals surface area (Å²) in [7, 11) is 1.31. The average Bonchev–Trinajstić information content (AvgIpc) is 3.11. The van der Waals surface area contributed by atoms with Gasteiger partial charge in [-0.1, -0.05) is 18.2 Å². The van der Waals surface area contributed by atoms with Crippen molar-refractivity contribution in [1.29, 1.82) is 5.41 Å². The zero-order valence-electron chi connectivity index (χ0n) is 17.8. The number of hydrogen-bond donors (Lipinski definition) is 3. The number of amides is 2. The first-order chi connectivity index (χ1) is 14.8. The van der Waals surface area contributed by atoms with Crippen LogP contribution in [0.2, 0.25) is 0 Å². The fourth-order valence-electron chi connectivity index (χ4n) is 3.92. The zero-order valence-corrected chi connectivity index (χ0v) is 17.8. The predicted octanol–water partition coefficient (Wildman–Crippen LogP) is 2.04. The van der Waals surface area contributed by atoms with Gasteiger partial charge < -0.3 is 20.7 Å². The van der Waals surface area contributed by atoms with Gasteiger partial charge in [0, 0.05) is 30.3 Å². The monoisotopic (exact) mass is 424 g/mol. The lowest BCUT2D eigenvalue weighted by molar-refractivity contribution is -0.143. The number of hydrogen-bond acceptors (Lipinski definition) is 5. The van der Waals surface area contributed by atoms with Crippen molar-refractivity contribution in [1.82, 2.24) is 10.2 Å². The molecule has 2 aromatic rings. The van der Waals surface area contributed by atoms with E-state index >= 15 is 0 Å². The molecule has 8 heteroatoms. The zero-order chi connectivity index (χ0) is 22.5. The number of carbonyl (C=O) groups is 3. The van der Waals surface area contributed by atoms with E-state index in [9.17, 15) is 14.4 Å². The molecule has 2 aromatic carbocycles. The molecular weight excluding hydrogens is 396 g/mol. The summed E-state index contributed by atoms with van der Waals surface area (Å²) in [4.78, 5) is 38.3. The highest BCUT2D eigenvalue weighted by Gasteiger charge is 2.33. The molecule has 0 radical (unpaired) electrons. The molecule has 0 bridgehead atoms. The molecule has 4 N–H and O–H groups in total. The highest BCUT2D eigenvalue weighted by molar-refractivity contribution is 6.02. The van der Waals surface area contributed by atoms with Gasteiger partial charge >= 0.3 is 5.97 Å². The Balaban J connectivity index is 1.64. The second-order valence-corrected chi connectivity index (χ2v) is 7.78. The van der Waals surface area contributed by atoms with Gasteiger partial charge in [-0.25, -0.2) is 0 Å². The maximum Gasteiger partial charge on any atom is 0.306 e. The van der Waals surface area contributed by atoms with Crippen LogP contribution in [0, 0.1) is 11.3 Å². The van der Waals surface area contributed by atoms with Gasteiger partial charge in [0.15, 0.2) is 0 Å². The SMILES string of the molecule is CCN(CC[C@@H]1C[C@@H](CC(=O)OC)C(=O)N1)C(=O)c1ccc2cc(C(=N)N)ccc2c1. The van der Waals surface area contributed by atoms with Crippen molar-refractivity contribution in [3.05, 3.63) is 47.5 Å². The van der Waals surface area contributed by atoms with Crippen molar-refractivity contribution in [3.63, 3.8) is 0 Å². The Morgan fingerprint density at radius 3 is 2.45 bits per heavy atom. The molecule has 0 unspecified atom stereocenters. The quantitative estimate of drug-likeness (QED) is 0.340. The number of methoxy groups -OCH3 is 1. The van der Waals surface area contributed by atoms with Crippen molar-refractivity contribution in [3.8, 4) is 0 Å². The maximum atomic E-state index is 13.0. The van der Waals surface area contributed by atoms with Crippen LogP contribution in [0.25, 0.3) is 10.8 Å². The molecule has 2 amide bonds. The molecule has 1 aliphatic heterocycles. The normalized spacial score (nSPS) is 17.9. The van der Waals surface area contributed by atoms with Gasteiger partial charge in [0.25, 0.3) is 5.91 Å². The standard InChI is InChI=1S/C23H28N4O4/c1-3-27(9-8-19-12-18(22(29)26-19)13-20(28)31-2)23(30)17-7-5-14-10-16(21(24)25)6-4-15(14)11-17/h4-7,10-11,18-19H,3,8-9,12-13H2,1-2H3,(H3,24,25)(H,26,29)/t18-,19+/m0/s1. The lowest BCUT2D eigenvalue weighted by Gasteiger charge is -2.23. The molecule has 0 spiro atoms. The van der Waals surface area contributed by atoms with Crippen molar-refractivity contribution in [2.24, 2.45) is 11.7 Å². The number of esters is 1. The smallest absolute Gasteiger partial charge is 0.306 e. The molecule has 0 aliphatic carbocycles. The summed E-state index contributed by atoms with van der Waals surface area (Å²) in [5.41, 5.74) is 6.78. The fourth-order valence-corrected chi connectivity index (χ4v) is 3.92. The third-order valence-electron chi connectivity index (χ3n) is 5.74. The minimum atomic E-state index is -0.391. The van der Waals surface area contributed by atoms with E-state index in [1.54, 1.807) is 17.0 Å². The highest BCUT2D eigenvalue weighted by Crippen LogP contribution is 2.23. The van der Waals surface area contributed by atoms with E-state index in [1.165, 1.54) is 7.11 Å². The molecule has 2 atom stereocenters. The number of nitrogens with zero attached hydrogens (tertiary/aromatic N) is 1. The summed E-state index contributed by atoms with van der Waals surface area (Å²) >= 11 is 0. The molecule has 1 fully saturated rings. The largest absolute Gasteiger partial charge is 0.469 e. The Kier molecular flexibility index (Phi) is 6.89. The lowest BCUT2D eigenvalue weighted by atomic mass is 9.99. The minimum absolute atomic E-state index is 0.00652. The summed E-state index contributed by atoms with van der Waals surface area (Å²) in [5, 5.41) is 12.3. The molecule has 1 saturated heterocycles. The van der Waals surface area contributed by atoms with E-state index in [-0.39, 0.29) is 36.0 Å². The third kappa shape index (κ3) is 5.20. The number of rotatable bonds is 8. The van der Waals surface area contributed by atoms with Gasteiger partial charge in [-0.15, -0.1) is 0 Å². The Hall–Kier alpha value is -3.42. The average molecular weight is 425 g/mol. The topological polar surface area (TPSA) is 126 Å². The predicted molar refractivity (Wildman–Crippen MR) is 118 cm³/mol. The molecular formula is C23H28N4O4. The Morgan fingerprint density at radius 2 is 1.84 bits per heavy atom. The maximum absolute atomic E-state index is 13.0. The van der Waals surface area contributed by atoms with Crippen LogP contribution in [0.1, 0.15) is 42.1 Å². The number of ether oxygens (including phenoxy) is 1. The van der Waals surface area contributed by atoms with Crippen LogP contribution in [0.5, 0.6) is 0 Å². The van der Waals surface area contributed by atoms with Crippen molar-refractivity contribution < 1.29 is 19.1 Å². The van der Waals surface area contributed by atoms with Gasteiger partial charge in [-0.2, -0.15) is 0 Å². The Morgan fingerprint density at radius 1 is 1.19 bits per heavy atom. The summed E-state index contributed by atoms with van der Waals surface area (Å²) in [6, 6.07) is 10.9. The van der Waals surface area contributed by atoms with E-state index in [0.29, 0.717) is 37.1 Å². The van der Waals surface area contributed by atoms with Crippen molar-refractivity contribution >= 4 is 34.4 Å². The number of benzene rings is 2. The van der Waals surface area contributed by atoms with Crippen LogP contribution in [-0.2, 0) is 14.3 Å². The van der Waals surface area contributed by atoms with Gasteiger partial charge in [0.1, 0.15) is 5.84 Å². The van der Waals surface area contributed by atoms with Crippen LogP contribution in [0.4, 0.5) is 0 Å². The number of nitrogens with two attached hydrogens (primary N) is 1. The van der Waals surface area contributed by atoms with Gasteiger partial charge in [-0.05, 0) is 48.7 Å². The number of amidine groups is 1. The highest BCUT2D eigenvalue weighted by atomic mass is 16.5. The lowest BCUT2D eigenvalue weighted by Crippen LogP contribution is -2.36. The molecule has 164 valence electrons. The van der Waals surface area contributed by atoms with E-state index in [1.807, 2.05) is 31.2 Å². The van der Waals surface area contributed by atoms with E-state index in [4.69, 9.17) is 11.1 Å². The van der Waals surface area contributed by atoms with Crippen LogP contribution in [-0.4, -0.2) is 54.8 Å². The minimum Gasteiger partial charge on any atom is -0.469 e. The number of nitrogen functional groups attached to an aromatic ring is 1. The van der Waals surface area contributed by atoms with E-state index < -0.39 is 5.97 Å². The molecule has 31 heavy (non-hydrogen) atoms. The van der Waals surface area contributed by atoms with Crippen molar-refractivity contribution in [2.75, 3.05) is 20.2 Å². The van der Waals surface area contributed by atoms with Gasteiger partial charge in [-0.3, -0.25) is 19.8 Å². The Labute approximate surface area is 181 Å². The first-order valence-electron chi connectivity index (χ1n) is 10.4. The van der Waals surface area contributed by atoms with Crippen LogP contribution in [0.3, 0.4) is 0 Å². The Bertz CT molecular complexity index is 1020. The molecule has 0 saturated carbocycles. The number of nitrogens with one attached hydrogen (secondary N) is 2. The van der Waals surface area contributed by atoms with Crippen LogP contribution < -0.4 is 11.1 Å². The molecule has 8 nitrogen and oxygen atoms in total. The van der Waals surface area contributed by atoms with Gasteiger partial charge in [0.05, 0.1) is 19.4 Å². The first-order valence-corrected chi connectivity index (χ1v) is 10.4. The second-order valence-electron chi connectivity index (χ2n) is 7.78. The number of carbonyl (C=O) groups excluding carboxylic acids is 3. The second kappa shape index (κ2) is 9.59. The molecule has 3 rings (SSSR count). The molecule has 0 aromatic heterocycles. The molecule has 1 heterocycles. The van der Waals surface area contributed by atoms with Crippen molar-refractivity contribution in [2.45, 2.75) is 32.2 Å². The van der Waals surface area contributed by atoms with Crippen LogP contribution in [0.15, 0.2) is 36.4 Å².